The highest BCUT2D eigenvalue weighted by Crippen LogP contribution is 2.32. The molecule has 2 amide bonds. The molecule has 1 unspecified atom stereocenters. The topological polar surface area (TPSA) is 84.3 Å². The zero-order valence-electron chi connectivity index (χ0n) is 16.0. The highest BCUT2D eigenvalue weighted by Gasteiger charge is 2.29. The Kier molecular flexibility index (Phi) is 5.42. The van der Waals surface area contributed by atoms with Gasteiger partial charge in [-0.2, -0.15) is 0 Å². The molecular weight excluding hydrogens is 408 g/mol. The van der Waals surface area contributed by atoms with Gasteiger partial charge in [0.2, 0.25) is 11.8 Å². The van der Waals surface area contributed by atoms with Crippen LogP contribution < -0.4 is 15.8 Å². The van der Waals surface area contributed by atoms with Crippen molar-refractivity contribution in [2.24, 2.45) is 0 Å². The molecule has 0 saturated carbocycles. The Morgan fingerprint density at radius 1 is 1.31 bits per heavy atom. The number of thioether (sulfide) groups is 1. The maximum atomic E-state index is 13.2. The summed E-state index contributed by atoms with van der Waals surface area (Å²) in [6.45, 7) is 4.23. The van der Waals surface area contributed by atoms with E-state index in [4.69, 9.17) is 0 Å². The van der Waals surface area contributed by atoms with E-state index in [9.17, 15) is 14.4 Å². The molecule has 150 valence electrons. The second kappa shape index (κ2) is 8.00. The van der Waals surface area contributed by atoms with Gasteiger partial charge >= 0.3 is 0 Å². The summed E-state index contributed by atoms with van der Waals surface area (Å²) in [5.41, 5.74) is 1.89. The minimum Gasteiger partial charge on any atom is -0.324 e. The molecule has 0 bridgehead atoms. The number of carbonyl (C=O) groups is 2. The first kappa shape index (κ1) is 19.7. The summed E-state index contributed by atoms with van der Waals surface area (Å²) < 4.78 is 2.23. The first-order chi connectivity index (χ1) is 14.0. The van der Waals surface area contributed by atoms with E-state index in [-0.39, 0.29) is 35.6 Å². The molecule has 1 aliphatic rings. The van der Waals surface area contributed by atoms with Crippen LogP contribution in [0, 0.1) is 0 Å². The van der Waals surface area contributed by atoms with E-state index in [1.54, 1.807) is 15.5 Å². The summed E-state index contributed by atoms with van der Waals surface area (Å²) in [4.78, 5) is 44.2. The standard InChI is InChI=1S/C20H20N4O3S2/c1-3-23-19(27)18-14(8-9-28-18)22-20(23)29-11-17(26)24-12(2)10-16(25)21-13-6-4-5-7-15(13)24/h4-9,12H,3,10-11H2,1-2H3,(H,21,25). The van der Waals surface area contributed by atoms with Gasteiger partial charge in [0.05, 0.1) is 22.6 Å². The molecule has 29 heavy (non-hydrogen) atoms. The number of amides is 2. The normalized spacial score (nSPS) is 16.4. The molecule has 1 atom stereocenters. The van der Waals surface area contributed by atoms with Gasteiger partial charge in [-0.15, -0.1) is 11.3 Å². The van der Waals surface area contributed by atoms with Gasteiger partial charge in [0.1, 0.15) is 4.70 Å². The lowest BCUT2D eigenvalue weighted by molar-refractivity contribution is -0.117. The van der Waals surface area contributed by atoms with Gasteiger partial charge in [-0.25, -0.2) is 4.98 Å². The van der Waals surface area contributed by atoms with Gasteiger partial charge in [0.25, 0.3) is 5.56 Å². The van der Waals surface area contributed by atoms with Crippen molar-refractivity contribution in [3.8, 4) is 0 Å². The molecule has 4 rings (SSSR count). The molecule has 1 N–H and O–H groups in total. The number of benzene rings is 1. The van der Waals surface area contributed by atoms with E-state index in [1.807, 2.05) is 43.5 Å². The van der Waals surface area contributed by atoms with Crippen LogP contribution in [0.3, 0.4) is 0 Å². The quantitative estimate of drug-likeness (QED) is 0.509. The Balaban J connectivity index is 1.62. The summed E-state index contributed by atoms with van der Waals surface area (Å²) in [5, 5.41) is 5.23. The van der Waals surface area contributed by atoms with Crippen molar-refractivity contribution in [1.29, 1.82) is 0 Å². The fraction of sp³-hybridized carbons (Fsp3) is 0.300. The molecule has 1 aliphatic heterocycles. The average molecular weight is 429 g/mol. The van der Waals surface area contributed by atoms with Crippen LogP contribution in [-0.2, 0) is 16.1 Å². The van der Waals surface area contributed by atoms with Crippen molar-refractivity contribution in [2.45, 2.75) is 38.0 Å². The SMILES string of the molecule is CCn1c(SCC(=O)N2c3ccccc3NC(=O)CC2C)nc2ccsc2c1=O. The number of fused-ring (bicyclic) bond motifs is 2. The Bertz CT molecular complexity index is 1150. The van der Waals surface area contributed by atoms with E-state index in [2.05, 4.69) is 10.3 Å². The second-order valence-corrected chi connectivity index (χ2v) is 8.61. The first-order valence-corrected chi connectivity index (χ1v) is 11.2. The molecule has 0 radical (unpaired) electrons. The largest absolute Gasteiger partial charge is 0.324 e. The molecule has 0 spiro atoms. The maximum absolute atomic E-state index is 13.2. The Hall–Kier alpha value is -2.65. The number of hydrogen-bond acceptors (Lipinski definition) is 6. The number of anilines is 2. The number of hydrogen-bond donors (Lipinski definition) is 1. The van der Waals surface area contributed by atoms with Crippen LogP contribution in [0.4, 0.5) is 11.4 Å². The van der Waals surface area contributed by atoms with E-state index in [0.717, 1.165) is 0 Å². The lowest BCUT2D eigenvalue weighted by Crippen LogP contribution is -2.40. The van der Waals surface area contributed by atoms with E-state index in [1.165, 1.54) is 23.1 Å². The van der Waals surface area contributed by atoms with E-state index in [0.29, 0.717) is 33.3 Å². The third-order valence-electron chi connectivity index (χ3n) is 4.80. The molecule has 3 aromatic rings. The summed E-state index contributed by atoms with van der Waals surface area (Å²) in [6.07, 6.45) is 0.226. The number of aromatic nitrogens is 2. The lowest BCUT2D eigenvalue weighted by Gasteiger charge is -2.27. The Labute approximate surface area is 175 Å². The monoisotopic (exact) mass is 428 g/mol. The number of rotatable bonds is 4. The molecule has 7 nitrogen and oxygen atoms in total. The molecular formula is C20H20N4O3S2. The maximum Gasteiger partial charge on any atom is 0.272 e. The van der Waals surface area contributed by atoms with Crippen LogP contribution in [0.25, 0.3) is 10.2 Å². The summed E-state index contributed by atoms with van der Waals surface area (Å²) >= 11 is 2.63. The molecule has 0 aliphatic carbocycles. The molecule has 1 aromatic carbocycles. The summed E-state index contributed by atoms with van der Waals surface area (Å²) in [6, 6.07) is 8.84. The van der Waals surface area contributed by atoms with Gasteiger partial charge in [0, 0.05) is 19.0 Å². The minimum absolute atomic E-state index is 0.0780. The van der Waals surface area contributed by atoms with Crippen molar-refractivity contribution in [1.82, 2.24) is 9.55 Å². The number of nitrogens with one attached hydrogen (secondary N) is 1. The zero-order chi connectivity index (χ0) is 20.5. The van der Waals surface area contributed by atoms with Crippen LogP contribution >= 0.6 is 23.1 Å². The van der Waals surface area contributed by atoms with E-state index >= 15 is 0 Å². The minimum atomic E-state index is -0.271. The van der Waals surface area contributed by atoms with Crippen molar-refractivity contribution < 1.29 is 9.59 Å². The third-order valence-corrected chi connectivity index (χ3v) is 6.65. The van der Waals surface area contributed by atoms with Gasteiger partial charge in [-0.3, -0.25) is 19.0 Å². The average Bonchev–Trinajstić information content (AvgIpc) is 3.12. The van der Waals surface area contributed by atoms with Gasteiger partial charge < -0.3 is 10.2 Å². The number of carbonyl (C=O) groups excluding carboxylic acids is 2. The smallest absolute Gasteiger partial charge is 0.272 e. The fourth-order valence-corrected chi connectivity index (χ4v) is 5.18. The van der Waals surface area contributed by atoms with Crippen LogP contribution in [-0.4, -0.2) is 33.2 Å². The van der Waals surface area contributed by atoms with Crippen molar-refractivity contribution in [3.63, 3.8) is 0 Å². The highest BCUT2D eigenvalue weighted by molar-refractivity contribution is 7.99. The molecule has 3 heterocycles. The number of para-hydroxylation sites is 2. The summed E-state index contributed by atoms with van der Waals surface area (Å²) in [7, 11) is 0. The van der Waals surface area contributed by atoms with Crippen LogP contribution in [0.2, 0.25) is 0 Å². The van der Waals surface area contributed by atoms with E-state index < -0.39 is 0 Å². The Morgan fingerprint density at radius 3 is 2.90 bits per heavy atom. The van der Waals surface area contributed by atoms with Crippen molar-refractivity contribution in [2.75, 3.05) is 16.0 Å². The predicted octanol–water partition coefficient (Wildman–Crippen LogP) is 3.33. The molecule has 0 fully saturated rings. The van der Waals surface area contributed by atoms with Crippen molar-refractivity contribution in [3.05, 3.63) is 46.1 Å². The summed E-state index contributed by atoms with van der Waals surface area (Å²) in [5.74, 6) is -0.124. The Morgan fingerprint density at radius 2 is 2.10 bits per heavy atom. The van der Waals surface area contributed by atoms with Crippen LogP contribution in [0.1, 0.15) is 20.3 Å². The highest BCUT2D eigenvalue weighted by atomic mass is 32.2. The van der Waals surface area contributed by atoms with Crippen molar-refractivity contribution >= 4 is 56.5 Å². The number of thiophene rings is 1. The first-order valence-electron chi connectivity index (χ1n) is 9.31. The second-order valence-electron chi connectivity index (χ2n) is 6.75. The molecule has 2 aromatic heterocycles. The predicted molar refractivity (Wildman–Crippen MR) is 117 cm³/mol. The van der Waals surface area contributed by atoms with Crippen LogP contribution in [0.5, 0.6) is 0 Å². The van der Waals surface area contributed by atoms with Gasteiger partial charge in [-0.1, -0.05) is 23.9 Å². The van der Waals surface area contributed by atoms with Crippen LogP contribution in [0.15, 0.2) is 45.7 Å². The number of nitrogens with zero attached hydrogens (tertiary/aromatic N) is 3. The zero-order valence-corrected chi connectivity index (χ0v) is 17.7. The lowest BCUT2D eigenvalue weighted by atomic mass is 10.2. The van der Waals surface area contributed by atoms with Gasteiger partial charge in [0.15, 0.2) is 5.16 Å². The molecule has 9 heteroatoms. The van der Waals surface area contributed by atoms with Gasteiger partial charge in [-0.05, 0) is 37.4 Å². The third kappa shape index (κ3) is 3.67. The molecule has 0 saturated heterocycles. The fourth-order valence-electron chi connectivity index (χ4n) is 3.48.